The van der Waals surface area contributed by atoms with Gasteiger partial charge in [0.2, 0.25) is 0 Å². The standard InChI is InChI=1S/C15H14F3NO3S/c16-15(17,18)22-12-8-13(23-10-12)6-7-19-14(20)21-9-11-4-2-1-3-5-11/h1-5,8,10H,6-7,9H2,(H,19,20). The summed E-state index contributed by atoms with van der Waals surface area (Å²) in [7, 11) is 0. The van der Waals surface area contributed by atoms with Crippen LogP contribution in [-0.2, 0) is 17.8 Å². The molecule has 1 aromatic carbocycles. The maximum atomic E-state index is 12.0. The smallest absolute Gasteiger partial charge is 0.445 e. The second-order valence-electron chi connectivity index (χ2n) is 4.54. The maximum Gasteiger partial charge on any atom is 0.573 e. The van der Waals surface area contributed by atoms with Crippen LogP contribution in [0.25, 0.3) is 0 Å². The van der Waals surface area contributed by atoms with Crippen molar-refractivity contribution in [2.24, 2.45) is 0 Å². The molecule has 2 rings (SSSR count). The van der Waals surface area contributed by atoms with Crippen molar-refractivity contribution in [1.29, 1.82) is 0 Å². The molecular weight excluding hydrogens is 331 g/mol. The summed E-state index contributed by atoms with van der Waals surface area (Å²) >= 11 is 1.14. The summed E-state index contributed by atoms with van der Waals surface area (Å²) < 4.78 is 44.9. The SMILES string of the molecule is O=C(NCCc1cc(OC(F)(F)F)cs1)OCc1ccccc1. The summed E-state index contributed by atoms with van der Waals surface area (Å²) in [6, 6.07) is 10.5. The van der Waals surface area contributed by atoms with Gasteiger partial charge < -0.3 is 14.8 Å². The molecule has 0 radical (unpaired) electrons. The van der Waals surface area contributed by atoms with E-state index in [1.54, 1.807) is 0 Å². The van der Waals surface area contributed by atoms with E-state index in [-0.39, 0.29) is 18.9 Å². The summed E-state index contributed by atoms with van der Waals surface area (Å²) in [5.74, 6) is -0.246. The molecule has 124 valence electrons. The Balaban J connectivity index is 1.67. The highest BCUT2D eigenvalue weighted by Gasteiger charge is 2.31. The first-order chi connectivity index (χ1) is 10.9. The molecule has 0 saturated heterocycles. The van der Waals surface area contributed by atoms with Crippen LogP contribution >= 0.6 is 11.3 Å². The number of benzene rings is 1. The lowest BCUT2D eigenvalue weighted by Gasteiger charge is -2.06. The highest BCUT2D eigenvalue weighted by Crippen LogP contribution is 2.27. The van der Waals surface area contributed by atoms with Gasteiger partial charge in [0.1, 0.15) is 12.4 Å². The van der Waals surface area contributed by atoms with Crippen molar-refractivity contribution in [3.63, 3.8) is 0 Å². The molecule has 0 aliphatic rings. The summed E-state index contributed by atoms with van der Waals surface area (Å²) in [6.45, 7) is 0.425. The number of amides is 1. The molecule has 4 nitrogen and oxygen atoms in total. The molecule has 0 atom stereocenters. The van der Waals surface area contributed by atoms with Gasteiger partial charge in [0.25, 0.3) is 0 Å². The highest BCUT2D eigenvalue weighted by atomic mass is 32.1. The number of thiophene rings is 1. The van der Waals surface area contributed by atoms with Crippen LogP contribution in [-0.4, -0.2) is 19.0 Å². The number of alkyl halides is 3. The second kappa shape index (κ2) is 7.87. The Morgan fingerprint density at radius 1 is 1.22 bits per heavy atom. The van der Waals surface area contributed by atoms with E-state index in [9.17, 15) is 18.0 Å². The first kappa shape index (κ1) is 17.1. The lowest BCUT2D eigenvalue weighted by molar-refractivity contribution is -0.274. The van der Waals surface area contributed by atoms with Crippen LogP contribution in [0.1, 0.15) is 10.4 Å². The molecular formula is C15H14F3NO3S. The minimum Gasteiger partial charge on any atom is -0.445 e. The Bertz CT molecular complexity index is 628. The van der Waals surface area contributed by atoms with Crippen LogP contribution in [0.4, 0.5) is 18.0 Å². The third-order valence-corrected chi connectivity index (χ3v) is 3.69. The first-order valence-electron chi connectivity index (χ1n) is 6.70. The molecule has 0 spiro atoms. The molecule has 0 bridgehead atoms. The molecule has 23 heavy (non-hydrogen) atoms. The fraction of sp³-hybridized carbons (Fsp3) is 0.267. The second-order valence-corrected chi connectivity index (χ2v) is 5.53. The average molecular weight is 345 g/mol. The molecule has 1 heterocycles. The van der Waals surface area contributed by atoms with Gasteiger partial charge in [0.05, 0.1) is 0 Å². The summed E-state index contributed by atoms with van der Waals surface area (Å²) in [4.78, 5) is 12.2. The van der Waals surface area contributed by atoms with Crippen molar-refractivity contribution in [2.45, 2.75) is 19.4 Å². The van der Waals surface area contributed by atoms with E-state index in [4.69, 9.17) is 4.74 Å². The molecule has 0 aliphatic heterocycles. The lowest BCUT2D eigenvalue weighted by atomic mass is 10.2. The number of nitrogens with one attached hydrogen (secondary N) is 1. The van der Waals surface area contributed by atoms with Gasteiger partial charge in [-0.1, -0.05) is 30.3 Å². The zero-order chi connectivity index (χ0) is 16.7. The van der Waals surface area contributed by atoms with Gasteiger partial charge in [0, 0.05) is 16.8 Å². The number of rotatable bonds is 6. The summed E-state index contributed by atoms with van der Waals surface area (Å²) in [5, 5.41) is 3.82. The number of hydrogen-bond donors (Lipinski definition) is 1. The third-order valence-electron chi connectivity index (χ3n) is 2.72. The fourth-order valence-electron chi connectivity index (χ4n) is 1.74. The van der Waals surface area contributed by atoms with E-state index < -0.39 is 12.5 Å². The number of carbonyl (C=O) groups excluding carboxylic acids is 1. The molecule has 0 saturated carbocycles. The van der Waals surface area contributed by atoms with Crippen molar-refractivity contribution in [3.8, 4) is 5.75 Å². The molecule has 1 amide bonds. The van der Waals surface area contributed by atoms with Gasteiger partial charge in [-0.25, -0.2) is 4.79 Å². The molecule has 0 fully saturated rings. The Morgan fingerprint density at radius 3 is 2.65 bits per heavy atom. The zero-order valence-electron chi connectivity index (χ0n) is 11.9. The van der Waals surface area contributed by atoms with E-state index in [1.807, 2.05) is 30.3 Å². The number of alkyl carbamates (subject to hydrolysis) is 1. The van der Waals surface area contributed by atoms with Crippen molar-refractivity contribution in [3.05, 3.63) is 52.2 Å². The van der Waals surface area contributed by atoms with E-state index in [2.05, 4.69) is 10.1 Å². The van der Waals surface area contributed by atoms with E-state index in [0.29, 0.717) is 11.3 Å². The topological polar surface area (TPSA) is 47.6 Å². The molecule has 2 aromatic rings. The third kappa shape index (κ3) is 6.60. The highest BCUT2D eigenvalue weighted by molar-refractivity contribution is 7.10. The number of halogens is 3. The van der Waals surface area contributed by atoms with Crippen LogP contribution < -0.4 is 10.1 Å². The Kier molecular flexibility index (Phi) is 5.86. The Labute approximate surface area is 134 Å². The number of carbonyl (C=O) groups is 1. The van der Waals surface area contributed by atoms with Crippen LogP contribution in [0.3, 0.4) is 0 Å². The van der Waals surface area contributed by atoms with Crippen molar-refractivity contribution in [2.75, 3.05) is 6.54 Å². The zero-order valence-corrected chi connectivity index (χ0v) is 12.7. The van der Waals surface area contributed by atoms with Gasteiger partial charge in [-0.05, 0) is 18.1 Å². The lowest BCUT2D eigenvalue weighted by Crippen LogP contribution is -2.26. The predicted molar refractivity (Wildman–Crippen MR) is 79.3 cm³/mol. The molecule has 1 N–H and O–H groups in total. The van der Waals surface area contributed by atoms with Crippen LogP contribution in [0.5, 0.6) is 5.75 Å². The largest absolute Gasteiger partial charge is 0.573 e. The van der Waals surface area contributed by atoms with Crippen molar-refractivity contribution < 1.29 is 27.4 Å². The van der Waals surface area contributed by atoms with Crippen molar-refractivity contribution in [1.82, 2.24) is 5.32 Å². The quantitative estimate of drug-likeness (QED) is 0.857. The van der Waals surface area contributed by atoms with Gasteiger partial charge in [-0.2, -0.15) is 0 Å². The fourth-order valence-corrected chi connectivity index (χ4v) is 2.53. The van der Waals surface area contributed by atoms with E-state index in [1.165, 1.54) is 11.4 Å². The summed E-state index contributed by atoms with van der Waals surface area (Å²) in [5.41, 5.74) is 0.870. The maximum absolute atomic E-state index is 12.0. The van der Waals surface area contributed by atoms with Crippen molar-refractivity contribution >= 4 is 17.4 Å². The average Bonchev–Trinajstić information content (AvgIpc) is 2.91. The normalized spacial score (nSPS) is 11.1. The first-order valence-corrected chi connectivity index (χ1v) is 7.58. The van der Waals surface area contributed by atoms with E-state index in [0.717, 1.165) is 16.9 Å². The van der Waals surface area contributed by atoms with Crippen LogP contribution in [0.2, 0.25) is 0 Å². The number of ether oxygens (including phenoxy) is 2. The van der Waals surface area contributed by atoms with Gasteiger partial charge in [-0.15, -0.1) is 24.5 Å². The van der Waals surface area contributed by atoms with Gasteiger partial charge in [0.15, 0.2) is 0 Å². The van der Waals surface area contributed by atoms with Gasteiger partial charge in [-0.3, -0.25) is 0 Å². The van der Waals surface area contributed by atoms with E-state index >= 15 is 0 Å². The van der Waals surface area contributed by atoms with Crippen LogP contribution in [0.15, 0.2) is 41.8 Å². The van der Waals surface area contributed by atoms with Gasteiger partial charge >= 0.3 is 12.5 Å². The molecule has 8 heteroatoms. The Hall–Kier alpha value is -2.22. The molecule has 0 unspecified atom stereocenters. The monoisotopic (exact) mass is 345 g/mol. The minimum absolute atomic E-state index is 0.162. The summed E-state index contributed by atoms with van der Waals surface area (Å²) in [6.07, 6.45) is -4.87. The minimum atomic E-state index is -4.70. The predicted octanol–water partition coefficient (Wildman–Crippen LogP) is 4.12. The number of hydrogen-bond acceptors (Lipinski definition) is 4. The van der Waals surface area contributed by atoms with Crippen LogP contribution in [0, 0.1) is 0 Å². The molecule has 1 aromatic heterocycles. The Morgan fingerprint density at radius 2 is 1.96 bits per heavy atom. The molecule has 0 aliphatic carbocycles.